The van der Waals surface area contributed by atoms with Crippen molar-refractivity contribution in [3.05, 3.63) is 47.4 Å². The van der Waals surface area contributed by atoms with Crippen molar-refractivity contribution in [2.45, 2.75) is 32.9 Å². The highest BCUT2D eigenvalue weighted by molar-refractivity contribution is 5.80. The zero-order chi connectivity index (χ0) is 20.4. The van der Waals surface area contributed by atoms with Gasteiger partial charge in [-0.1, -0.05) is 0 Å². The summed E-state index contributed by atoms with van der Waals surface area (Å²) in [6, 6.07) is 5.51. The van der Waals surface area contributed by atoms with Gasteiger partial charge in [0.1, 0.15) is 17.2 Å². The van der Waals surface area contributed by atoms with Gasteiger partial charge < -0.3 is 19.4 Å². The Balaban J connectivity index is 1.59. The molecule has 0 atom stereocenters. The number of benzene rings is 1. The molecule has 0 fully saturated rings. The minimum absolute atomic E-state index is 0.0526. The first-order valence-electron chi connectivity index (χ1n) is 9.71. The van der Waals surface area contributed by atoms with E-state index < -0.39 is 0 Å². The lowest BCUT2D eigenvalue weighted by molar-refractivity contribution is -0.131. The van der Waals surface area contributed by atoms with Crippen molar-refractivity contribution >= 4 is 5.91 Å². The topological polar surface area (TPSA) is 85.3 Å². The number of imidazole rings is 1. The molecule has 1 aliphatic rings. The lowest BCUT2D eigenvalue weighted by atomic mass is 10.0. The smallest absolute Gasteiger partial charge is 0.227 e. The average molecular weight is 395 g/mol. The predicted octanol–water partition coefficient (Wildman–Crippen LogP) is 2.44. The van der Waals surface area contributed by atoms with Crippen LogP contribution < -0.4 is 9.47 Å². The van der Waals surface area contributed by atoms with E-state index >= 15 is 0 Å². The van der Waals surface area contributed by atoms with E-state index in [1.54, 1.807) is 26.6 Å². The van der Waals surface area contributed by atoms with E-state index in [4.69, 9.17) is 14.6 Å². The van der Waals surface area contributed by atoms with E-state index in [9.17, 15) is 4.79 Å². The van der Waals surface area contributed by atoms with Crippen LogP contribution in [0.15, 0.2) is 30.6 Å². The first-order chi connectivity index (χ1) is 14.1. The molecular formula is C21H25N5O3. The molecule has 1 aromatic carbocycles. The van der Waals surface area contributed by atoms with Gasteiger partial charge in [0, 0.05) is 55.3 Å². The van der Waals surface area contributed by atoms with Gasteiger partial charge >= 0.3 is 0 Å². The molecule has 4 rings (SSSR count). The summed E-state index contributed by atoms with van der Waals surface area (Å²) in [5, 5.41) is 4.73. The number of hydrogen-bond donors (Lipinski definition) is 1. The number of carbonyl (C=O) groups is 1. The van der Waals surface area contributed by atoms with Gasteiger partial charge in [-0.15, -0.1) is 0 Å². The molecule has 8 heteroatoms. The van der Waals surface area contributed by atoms with Crippen molar-refractivity contribution in [2.24, 2.45) is 0 Å². The van der Waals surface area contributed by atoms with Gasteiger partial charge in [0.2, 0.25) is 5.91 Å². The van der Waals surface area contributed by atoms with Crippen molar-refractivity contribution < 1.29 is 14.3 Å². The van der Waals surface area contributed by atoms with Crippen molar-refractivity contribution in [1.29, 1.82) is 0 Å². The van der Waals surface area contributed by atoms with E-state index in [0.717, 1.165) is 35.6 Å². The monoisotopic (exact) mass is 395 g/mol. The molecule has 8 nitrogen and oxygen atoms in total. The van der Waals surface area contributed by atoms with Crippen LogP contribution in [0.25, 0.3) is 11.5 Å². The SMILES string of the molecule is CCn1nc(-c2ncc[nH]2)c2c1CCN(C(=O)Cc1cc(OC)ccc1OC)C2. The normalized spacial score (nSPS) is 13.3. The summed E-state index contributed by atoms with van der Waals surface area (Å²) >= 11 is 0. The molecule has 2 aromatic heterocycles. The molecule has 0 radical (unpaired) electrons. The van der Waals surface area contributed by atoms with Gasteiger partial charge in [-0.25, -0.2) is 4.98 Å². The number of fused-ring (bicyclic) bond motifs is 1. The van der Waals surface area contributed by atoms with E-state index in [1.165, 1.54) is 5.69 Å². The highest BCUT2D eigenvalue weighted by Gasteiger charge is 2.28. The molecule has 1 N–H and O–H groups in total. The zero-order valence-electron chi connectivity index (χ0n) is 16.9. The third-order valence-electron chi connectivity index (χ3n) is 5.34. The highest BCUT2D eigenvalue weighted by atomic mass is 16.5. The Bertz CT molecular complexity index is 1010. The van der Waals surface area contributed by atoms with Crippen LogP contribution in [0.3, 0.4) is 0 Å². The average Bonchev–Trinajstić information content (AvgIpc) is 3.40. The van der Waals surface area contributed by atoms with Gasteiger partial charge in [-0.3, -0.25) is 9.48 Å². The molecule has 1 amide bonds. The predicted molar refractivity (Wildman–Crippen MR) is 108 cm³/mol. The van der Waals surface area contributed by atoms with Crippen LogP contribution in [0.5, 0.6) is 11.5 Å². The fourth-order valence-electron chi connectivity index (χ4n) is 3.85. The summed E-state index contributed by atoms with van der Waals surface area (Å²) in [5.41, 5.74) is 3.89. The third kappa shape index (κ3) is 3.57. The quantitative estimate of drug-likeness (QED) is 0.693. The van der Waals surface area contributed by atoms with Crippen molar-refractivity contribution in [3.8, 4) is 23.0 Å². The van der Waals surface area contributed by atoms with Gasteiger partial charge in [0.05, 0.1) is 20.6 Å². The number of aryl methyl sites for hydroxylation is 1. The highest BCUT2D eigenvalue weighted by Crippen LogP contribution is 2.30. The van der Waals surface area contributed by atoms with E-state index in [0.29, 0.717) is 24.6 Å². The summed E-state index contributed by atoms with van der Waals surface area (Å²) in [5.74, 6) is 2.18. The molecule has 152 valence electrons. The summed E-state index contributed by atoms with van der Waals surface area (Å²) in [7, 11) is 3.22. The fraction of sp³-hybridized carbons (Fsp3) is 0.381. The third-order valence-corrected chi connectivity index (χ3v) is 5.34. The second-order valence-electron chi connectivity index (χ2n) is 6.95. The van der Waals surface area contributed by atoms with Crippen LogP contribution in [0.1, 0.15) is 23.7 Å². The second kappa shape index (κ2) is 7.98. The Hall–Kier alpha value is -3.29. The number of aromatic amines is 1. The Labute approximate surface area is 169 Å². The van der Waals surface area contributed by atoms with Gasteiger partial charge in [-0.2, -0.15) is 5.10 Å². The van der Waals surface area contributed by atoms with Gasteiger partial charge in [0.25, 0.3) is 0 Å². The van der Waals surface area contributed by atoms with Crippen LogP contribution in [0.2, 0.25) is 0 Å². The number of aromatic nitrogens is 4. The minimum atomic E-state index is 0.0526. The number of H-pyrrole nitrogens is 1. The Morgan fingerprint density at radius 1 is 1.28 bits per heavy atom. The minimum Gasteiger partial charge on any atom is -0.497 e. The molecule has 0 aliphatic carbocycles. The first-order valence-corrected chi connectivity index (χ1v) is 9.71. The lowest BCUT2D eigenvalue weighted by Gasteiger charge is -2.28. The number of amides is 1. The number of nitrogens with zero attached hydrogens (tertiary/aromatic N) is 4. The second-order valence-corrected chi connectivity index (χ2v) is 6.95. The van der Waals surface area contributed by atoms with Crippen LogP contribution in [-0.4, -0.2) is 51.3 Å². The van der Waals surface area contributed by atoms with Crippen molar-refractivity contribution in [2.75, 3.05) is 20.8 Å². The van der Waals surface area contributed by atoms with Crippen molar-refractivity contribution in [3.63, 3.8) is 0 Å². The molecular weight excluding hydrogens is 370 g/mol. The first kappa shape index (κ1) is 19.0. The molecule has 0 spiro atoms. The maximum atomic E-state index is 13.1. The zero-order valence-corrected chi connectivity index (χ0v) is 16.9. The van der Waals surface area contributed by atoms with E-state index in [1.807, 2.05) is 27.8 Å². The van der Waals surface area contributed by atoms with E-state index in [2.05, 4.69) is 16.9 Å². The van der Waals surface area contributed by atoms with E-state index in [-0.39, 0.29) is 12.3 Å². The van der Waals surface area contributed by atoms with Gasteiger partial charge in [0.15, 0.2) is 5.82 Å². The largest absolute Gasteiger partial charge is 0.497 e. The van der Waals surface area contributed by atoms with Crippen LogP contribution in [0, 0.1) is 0 Å². The number of carbonyl (C=O) groups excluding carboxylic acids is 1. The number of rotatable bonds is 6. The van der Waals surface area contributed by atoms with Crippen LogP contribution >= 0.6 is 0 Å². The summed E-state index contributed by atoms with van der Waals surface area (Å²) in [6.45, 7) is 4.06. The molecule has 3 heterocycles. The number of methoxy groups -OCH3 is 2. The Morgan fingerprint density at radius 2 is 2.14 bits per heavy atom. The summed E-state index contributed by atoms with van der Waals surface area (Å²) in [6.07, 6.45) is 4.53. The lowest BCUT2D eigenvalue weighted by Crippen LogP contribution is -2.37. The maximum absolute atomic E-state index is 13.1. The molecule has 0 unspecified atom stereocenters. The summed E-state index contributed by atoms with van der Waals surface area (Å²) < 4.78 is 12.7. The van der Waals surface area contributed by atoms with Gasteiger partial charge in [-0.05, 0) is 25.1 Å². The maximum Gasteiger partial charge on any atom is 0.227 e. The van der Waals surface area contributed by atoms with Crippen molar-refractivity contribution in [1.82, 2.24) is 24.6 Å². The standard InChI is InChI=1S/C21H25N5O3/c1-4-26-17-7-10-25(13-16(17)20(24-26)21-22-8-9-23-21)19(27)12-14-11-15(28-2)5-6-18(14)29-3/h5-6,8-9,11H,4,7,10,12-13H2,1-3H3,(H,22,23). The summed E-state index contributed by atoms with van der Waals surface area (Å²) in [4.78, 5) is 22.5. The molecule has 29 heavy (non-hydrogen) atoms. The van der Waals surface area contributed by atoms with Crippen LogP contribution in [-0.2, 0) is 30.7 Å². The van der Waals surface area contributed by atoms with Crippen LogP contribution in [0.4, 0.5) is 0 Å². The number of nitrogens with one attached hydrogen (secondary N) is 1. The Kier molecular flexibility index (Phi) is 5.24. The number of hydrogen-bond acceptors (Lipinski definition) is 5. The molecule has 3 aromatic rings. The Morgan fingerprint density at radius 3 is 2.83 bits per heavy atom. The molecule has 0 saturated heterocycles. The fourth-order valence-corrected chi connectivity index (χ4v) is 3.85. The molecule has 1 aliphatic heterocycles. The molecule has 0 bridgehead atoms. The molecule has 0 saturated carbocycles. The number of ether oxygens (including phenoxy) is 2.